The van der Waals surface area contributed by atoms with Crippen LogP contribution in [0.1, 0.15) is 5.56 Å². The van der Waals surface area contributed by atoms with E-state index in [0.29, 0.717) is 6.54 Å². The van der Waals surface area contributed by atoms with Crippen LogP contribution in [0.4, 0.5) is 0 Å². The molecule has 0 aliphatic rings. The highest BCUT2D eigenvalue weighted by Crippen LogP contribution is 2.13. The highest BCUT2D eigenvalue weighted by Gasteiger charge is 1.89. The minimum atomic E-state index is 0.374. The minimum absolute atomic E-state index is 0.374. The predicted molar refractivity (Wildman–Crippen MR) is 56.7 cm³/mol. The molecule has 0 N–H and O–H groups in total. The summed E-state index contributed by atoms with van der Waals surface area (Å²) in [4.78, 5) is 3.56. The maximum Gasteiger partial charge on any atom is 0.0443 e. The lowest BCUT2D eigenvalue weighted by molar-refractivity contribution is 1.22. The molecule has 0 aliphatic heterocycles. The summed E-state index contributed by atoms with van der Waals surface area (Å²) in [6, 6.07) is 7.73. The Bertz CT molecular complexity index is 354. The second-order valence-electron chi connectivity index (χ2n) is 2.37. The lowest BCUT2D eigenvalue weighted by Crippen LogP contribution is -1.75. The van der Waals surface area contributed by atoms with E-state index in [1.54, 1.807) is 6.08 Å². The monoisotopic (exact) mass is 191 g/mol. The van der Waals surface area contributed by atoms with Crippen LogP contribution in [0.3, 0.4) is 0 Å². The van der Waals surface area contributed by atoms with Gasteiger partial charge in [-0.3, -0.25) is 0 Å². The van der Waals surface area contributed by atoms with Gasteiger partial charge in [0.2, 0.25) is 0 Å². The van der Waals surface area contributed by atoms with E-state index in [4.69, 9.17) is 5.53 Å². The van der Waals surface area contributed by atoms with Gasteiger partial charge >= 0.3 is 0 Å². The van der Waals surface area contributed by atoms with Gasteiger partial charge in [-0.1, -0.05) is 35.5 Å². The maximum absolute atomic E-state index is 8.03. The van der Waals surface area contributed by atoms with Crippen molar-refractivity contribution < 1.29 is 0 Å². The van der Waals surface area contributed by atoms with Crippen LogP contribution in [0.15, 0.2) is 40.4 Å². The highest BCUT2D eigenvalue weighted by atomic mass is 32.1. The molecule has 0 atom stereocenters. The van der Waals surface area contributed by atoms with Gasteiger partial charge in [-0.25, -0.2) is 0 Å². The Kier molecular flexibility index (Phi) is 3.96. The zero-order chi connectivity index (χ0) is 9.52. The Labute approximate surface area is 82.1 Å². The van der Waals surface area contributed by atoms with Crippen molar-refractivity contribution in [2.45, 2.75) is 4.90 Å². The molecular weight excluding hydrogens is 182 g/mol. The molecule has 4 heteroatoms. The normalized spacial score (nSPS) is 9.92. The number of azide groups is 1. The van der Waals surface area contributed by atoms with Crippen LogP contribution in [0.25, 0.3) is 16.5 Å². The van der Waals surface area contributed by atoms with Crippen LogP contribution >= 0.6 is 12.6 Å². The number of nitrogens with zero attached hydrogens (tertiary/aromatic N) is 3. The zero-order valence-electron chi connectivity index (χ0n) is 6.96. The summed E-state index contributed by atoms with van der Waals surface area (Å²) in [6.07, 6.45) is 3.69. The third-order valence-electron chi connectivity index (χ3n) is 1.48. The topological polar surface area (TPSA) is 48.8 Å². The third kappa shape index (κ3) is 3.23. The van der Waals surface area contributed by atoms with Crippen LogP contribution in [-0.4, -0.2) is 6.54 Å². The molecule has 66 valence electrons. The van der Waals surface area contributed by atoms with Gasteiger partial charge in [0.15, 0.2) is 0 Å². The predicted octanol–water partition coefficient (Wildman–Crippen LogP) is 3.30. The molecule has 0 fully saturated rings. The van der Waals surface area contributed by atoms with Crippen LogP contribution in [0.2, 0.25) is 0 Å². The Morgan fingerprint density at radius 1 is 1.46 bits per heavy atom. The summed E-state index contributed by atoms with van der Waals surface area (Å²) >= 11 is 4.27. The fraction of sp³-hybridized carbons (Fsp3) is 0.111. The second-order valence-corrected chi connectivity index (χ2v) is 2.86. The van der Waals surface area contributed by atoms with Gasteiger partial charge in [0, 0.05) is 16.4 Å². The van der Waals surface area contributed by atoms with E-state index < -0.39 is 0 Å². The van der Waals surface area contributed by atoms with Crippen molar-refractivity contribution in [3.05, 3.63) is 46.3 Å². The molecule has 1 aromatic rings. The number of hydrogen-bond acceptors (Lipinski definition) is 2. The molecule has 0 aliphatic carbocycles. The first-order valence-electron chi connectivity index (χ1n) is 3.80. The third-order valence-corrected chi connectivity index (χ3v) is 1.89. The summed E-state index contributed by atoms with van der Waals surface area (Å²) in [5, 5.41) is 3.39. The van der Waals surface area contributed by atoms with Crippen molar-refractivity contribution in [2.24, 2.45) is 5.11 Å². The van der Waals surface area contributed by atoms with Gasteiger partial charge in [0.25, 0.3) is 0 Å². The molecule has 1 aromatic carbocycles. The summed E-state index contributed by atoms with van der Waals surface area (Å²) < 4.78 is 0. The Morgan fingerprint density at radius 2 is 2.23 bits per heavy atom. The lowest BCUT2D eigenvalue weighted by Gasteiger charge is -1.96. The van der Waals surface area contributed by atoms with Crippen molar-refractivity contribution in [1.29, 1.82) is 0 Å². The van der Waals surface area contributed by atoms with E-state index in [2.05, 4.69) is 22.7 Å². The first kappa shape index (κ1) is 9.71. The average Bonchev–Trinajstić information content (AvgIpc) is 2.15. The highest BCUT2D eigenvalue weighted by molar-refractivity contribution is 7.80. The average molecular weight is 191 g/mol. The Hall–Kier alpha value is -1.38. The standard InChI is InChI=1S/C9H9N3S/c10-12-11-7-3-5-8-4-1-2-6-9(8)13/h1-6,13H,7H2. The fourth-order valence-corrected chi connectivity index (χ4v) is 1.13. The van der Waals surface area contributed by atoms with E-state index in [0.717, 1.165) is 10.5 Å². The summed E-state index contributed by atoms with van der Waals surface area (Å²) in [5.74, 6) is 0. The molecular formula is C9H9N3S. The molecule has 0 saturated carbocycles. The van der Waals surface area contributed by atoms with E-state index >= 15 is 0 Å². The molecule has 0 amide bonds. The van der Waals surface area contributed by atoms with Gasteiger partial charge in [-0.15, -0.1) is 12.6 Å². The Morgan fingerprint density at radius 3 is 2.92 bits per heavy atom. The molecule has 0 bridgehead atoms. The van der Waals surface area contributed by atoms with Gasteiger partial charge in [-0.05, 0) is 17.2 Å². The number of thiol groups is 1. The Balaban J connectivity index is 2.68. The second kappa shape index (κ2) is 5.30. The zero-order valence-corrected chi connectivity index (χ0v) is 7.85. The molecule has 3 nitrogen and oxygen atoms in total. The fourth-order valence-electron chi connectivity index (χ4n) is 0.892. The van der Waals surface area contributed by atoms with Crippen LogP contribution in [0, 0.1) is 0 Å². The van der Waals surface area contributed by atoms with Crippen LogP contribution in [0.5, 0.6) is 0 Å². The van der Waals surface area contributed by atoms with Gasteiger partial charge in [0.1, 0.15) is 0 Å². The maximum atomic E-state index is 8.03. The molecule has 0 radical (unpaired) electrons. The van der Waals surface area contributed by atoms with Crippen LogP contribution < -0.4 is 0 Å². The smallest absolute Gasteiger partial charge is 0.0443 e. The van der Waals surface area contributed by atoms with Crippen molar-refractivity contribution in [1.82, 2.24) is 0 Å². The SMILES string of the molecule is [N-]=[N+]=NCC=Cc1ccccc1S. The molecule has 1 rings (SSSR count). The quantitative estimate of drug-likeness (QED) is 0.330. The van der Waals surface area contributed by atoms with E-state index in [-0.39, 0.29) is 0 Å². The molecule has 0 spiro atoms. The summed E-state index contributed by atoms with van der Waals surface area (Å²) in [7, 11) is 0. The molecule has 13 heavy (non-hydrogen) atoms. The number of hydrogen-bond donors (Lipinski definition) is 1. The minimum Gasteiger partial charge on any atom is -0.143 e. The largest absolute Gasteiger partial charge is 0.143 e. The number of rotatable bonds is 3. The van der Waals surface area contributed by atoms with E-state index in [1.807, 2.05) is 30.3 Å². The molecule has 0 heterocycles. The van der Waals surface area contributed by atoms with Crippen molar-refractivity contribution in [3.63, 3.8) is 0 Å². The molecule has 0 unspecified atom stereocenters. The van der Waals surface area contributed by atoms with Gasteiger partial charge < -0.3 is 0 Å². The first-order chi connectivity index (χ1) is 6.34. The lowest BCUT2D eigenvalue weighted by atomic mass is 10.2. The van der Waals surface area contributed by atoms with Gasteiger partial charge in [0.05, 0.1) is 0 Å². The number of benzene rings is 1. The van der Waals surface area contributed by atoms with Crippen molar-refractivity contribution in [2.75, 3.05) is 6.54 Å². The molecule has 0 aromatic heterocycles. The van der Waals surface area contributed by atoms with Crippen molar-refractivity contribution in [3.8, 4) is 0 Å². The summed E-state index contributed by atoms with van der Waals surface area (Å²) in [5.41, 5.74) is 9.05. The van der Waals surface area contributed by atoms with Gasteiger partial charge in [-0.2, -0.15) is 0 Å². The van der Waals surface area contributed by atoms with E-state index in [1.165, 1.54) is 0 Å². The first-order valence-corrected chi connectivity index (χ1v) is 4.24. The molecule has 0 saturated heterocycles. The summed E-state index contributed by atoms with van der Waals surface area (Å²) in [6.45, 7) is 0.374. The van der Waals surface area contributed by atoms with Crippen LogP contribution in [-0.2, 0) is 0 Å². The van der Waals surface area contributed by atoms with E-state index in [9.17, 15) is 0 Å². The van der Waals surface area contributed by atoms with Crippen molar-refractivity contribution >= 4 is 18.7 Å².